The van der Waals surface area contributed by atoms with Gasteiger partial charge in [-0.2, -0.15) is 0 Å². The van der Waals surface area contributed by atoms with Crippen LogP contribution in [0.15, 0.2) is 0 Å². The minimum absolute atomic E-state index is 0.104. The van der Waals surface area contributed by atoms with Crippen molar-refractivity contribution < 1.29 is 14.6 Å². The minimum atomic E-state index is 0.104. The highest BCUT2D eigenvalue weighted by molar-refractivity contribution is 4.94. The maximum atomic E-state index is 8.90. The molecule has 2 fully saturated rings. The lowest BCUT2D eigenvalue weighted by molar-refractivity contribution is 0.241. The van der Waals surface area contributed by atoms with E-state index in [9.17, 15) is 0 Å². The van der Waals surface area contributed by atoms with E-state index in [4.69, 9.17) is 14.6 Å². The van der Waals surface area contributed by atoms with Crippen LogP contribution in [-0.2, 0) is 9.47 Å². The van der Waals surface area contributed by atoms with Gasteiger partial charge in [-0.1, -0.05) is 64.7 Å². The molecule has 4 atom stereocenters. The summed E-state index contributed by atoms with van der Waals surface area (Å²) in [6.07, 6.45) is 16.0. The van der Waals surface area contributed by atoms with E-state index in [0.717, 1.165) is 6.42 Å². The molecule has 0 aromatic carbocycles. The Balaban J connectivity index is 1.31. The number of unbranched alkanes of at least 4 members (excludes halogenated alkanes) is 8. The van der Waals surface area contributed by atoms with E-state index >= 15 is 0 Å². The largest absolute Gasteiger partial charge is 0.394 e. The number of aliphatic hydroxyl groups excluding tert-OH is 1. The van der Waals surface area contributed by atoms with Crippen LogP contribution in [0.2, 0.25) is 0 Å². The average Bonchev–Trinajstić information content (AvgIpc) is 3.36. The molecule has 0 unspecified atom stereocenters. The van der Waals surface area contributed by atoms with Crippen molar-refractivity contribution in [3.8, 4) is 0 Å². The van der Waals surface area contributed by atoms with Crippen molar-refractivity contribution in [3.05, 3.63) is 0 Å². The molecular formula is C17H32O3. The zero-order chi connectivity index (χ0) is 14.2. The summed E-state index contributed by atoms with van der Waals surface area (Å²) in [5.74, 6) is 0. The summed E-state index contributed by atoms with van der Waals surface area (Å²) in [6.45, 7) is 2.44. The molecule has 0 aliphatic carbocycles. The van der Waals surface area contributed by atoms with E-state index in [2.05, 4.69) is 6.92 Å². The van der Waals surface area contributed by atoms with E-state index in [-0.39, 0.29) is 18.8 Å². The highest BCUT2D eigenvalue weighted by atomic mass is 16.6. The van der Waals surface area contributed by atoms with Gasteiger partial charge >= 0.3 is 0 Å². The highest BCUT2D eigenvalue weighted by Gasteiger charge is 2.47. The zero-order valence-corrected chi connectivity index (χ0v) is 13.1. The van der Waals surface area contributed by atoms with Gasteiger partial charge in [-0.3, -0.25) is 0 Å². The molecule has 2 saturated heterocycles. The smallest absolute Gasteiger partial charge is 0.107 e. The fourth-order valence-corrected chi connectivity index (χ4v) is 3.07. The molecule has 2 rings (SSSR count). The molecule has 0 aromatic heterocycles. The van der Waals surface area contributed by atoms with Gasteiger partial charge in [0.05, 0.1) is 24.9 Å². The fraction of sp³-hybridized carbons (Fsp3) is 1.00. The molecule has 2 aliphatic heterocycles. The van der Waals surface area contributed by atoms with Crippen LogP contribution in [-0.4, -0.2) is 36.1 Å². The summed E-state index contributed by atoms with van der Waals surface area (Å²) >= 11 is 0. The van der Waals surface area contributed by atoms with Gasteiger partial charge in [-0.15, -0.1) is 0 Å². The van der Waals surface area contributed by atoms with Crippen molar-refractivity contribution in [1.29, 1.82) is 0 Å². The van der Waals surface area contributed by atoms with Crippen LogP contribution in [0.5, 0.6) is 0 Å². The number of ether oxygens (including phenoxy) is 2. The van der Waals surface area contributed by atoms with Gasteiger partial charge in [0.1, 0.15) is 6.10 Å². The quantitative estimate of drug-likeness (QED) is 0.413. The predicted molar refractivity (Wildman–Crippen MR) is 80.9 cm³/mol. The highest BCUT2D eigenvalue weighted by Crippen LogP contribution is 2.37. The van der Waals surface area contributed by atoms with Gasteiger partial charge in [0.2, 0.25) is 0 Å². The Hall–Kier alpha value is -0.120. The lowest BCUT2D eigenvalue weighted by Gasteiger charge is -2.01. The molecule has 0 aromatic rings. The SMILES string of the molecule is CCCCCCCCCCC[C@@H]1O[C@@H]1C[C@@H]1O[C@@H]1CO. The Kier molecular flexibility index (Phi) is 7.32. The van der Waals surface area contributed by atoms with Gasteiger partial charge in [0.15, 0.2) is 0 Å². The molecule has 0 radical (unpaired) electrons. The molecule has 3 nitrogen and oxygen atoms in total. The third kappa shape index (κ3) is 6.11. The molecule has 0 amide bonds. The van der Waals surface area contributed by atoms with Crippen LogP contribution in [0, 0.1) is 0 Å². The monoisotopic (exact) mass is 284 g/mol. The molecular weight excluding hydrogens is 252 g/mol. The molecule has 2 heterocycles. The van der Waals surface area contributed by atoms with Crippen molar-refractivity contribution in [2.24, 2.45) is 0 Å². The molecule has 0 saturated carbocycles. The first-order valence-corrected chi connectivity index (χ1v) is 8.77. The molecule has 118 valence electrons. The number of epoxide rings is 2. The summed E-state index contributed by atoms with van der Waals surface area (Å²) in [5, 5.41) is 8.90. The van der Waals surface area contributed by atoms with Crippen LogP contribution in [0.3, 0.4) is 0 Å². The maximum absolute atomic E-state index is 8.90. The van der Waals surface area contributed by atoms with E-state index in [1.165, 1.54) is 64.2 Å². The fourth-order valence-electron chi connectivity index (χ4n) is 3.07. The van der Waals surface area contributed by atoms with Crippen LogP contribution in [0.4, 0.5) is 0 Å². The second-order valence-electron chi connectivity index (χ2n) is 6.46. The maximum Gasteiger partial charge on any atom is 0.107 e. The lowest BCUT2D eigenvalue weighted by Crippen LogP contribution is -2.04. The molecule has 0 bridgehead atoms. The molecule has 20 heavy (non-hydrogen) atoms. The van der Waals surface area contributed by atoms with E-state index in [1.54, 1.807) is 0 Å². The molecule has 3 heteroatoms. The normalized spacial score (nSPS) is 31.5. The summed E-state index contributed by atoms with van der Waals surface area (Å²) < 4.78 is 11.0. The first-order valence-electron chi connectivity index (χ1n) is 8.77. The van der Waals surface area contributed by atoms with Crippen LogP contribution < -0.4 is 0 Å². The Labute approximate surface area is 124 Å². The third-order valence-corrected chi connectivity index (χ3v) is 4.61. The summed E-state index contributed by atoms with van der Waals surface area (Å²) in [7, 11) is 0. The van der Waals surface area contributed by atoms with Crippen molar-refractivity contribution in [1.82, 2.24) is 0 Å². The summed E-state index contributed by atoms with van der Waals surface area (Å²) in [5.41, 5.74) is 0. The van der Waals surface area contributed by atoms with Crippen LogP contribution in [0.1, 0.15) is 77.6 Å². The van der Waals surface area contributed by atoms with Gasteiger partial charge < -0.3 is 14.6 Å². The number of hydrogen-bond acceptors (Lipinski definition) is 3. The molecule has 2 aliphatic rings. The van der Waals surface area contributed by atoms with E-state index in [0.29, 0.717) is 12.2 Å². The summed E-state index contributed by atoms with van der Waals surface area (Å²) in [4.78, 5) is 0. The van der Waals surface area contributed by atoms with Gasteiger partial charge in [0, 0.05) is 6.42 Å². The standard InChI is InChI=1S/C17H32O3/c1-2-3-4-5-6-7-8-9-10-11-14-15(19-14)12-16-17(13-18)20-16/h14-18H,2-13H2,1H3/t14-,15+,16-,17+/m0/s1. The first kappa shape index (κ1) is 16.3. The average molecular weight is 284 g/mol. The predicted octanol–water partition coefficient (Wildman–Crippen LogP) is 3.82. The first-order chi connectivity index (χ1) is 9.85. The van der Waals surface area contributed by atoms with Crippen LogP contribution >= 0.6 is 0 Å². The van der Waals surface area contributed by atoms with E-state index < -0.39 is 0 Å². The van der Waals surface area contributed by atoms with Gasteiger partial charge in [0.25, 0.3) is 0 Å². The topological polar surface area (TPSA) is 45.3 Å². The second-order valence-corrected chi connectivity index (χ2v) is 6.46. The van der Waals surface area contributed by atoms with Crippen molar-refractivity contribution in [2.45, 2.75) is 102 Å². The van der Waals surface area contributed by atoms with Crippen molar-refractivity contribution in [2.75, 3.05) is 6.61 Å². The summed E-state index contributed by atoms with van der Waals surface area (Å²) in [6, 6.07) is 0. The number of aliphatic hydroxyl groups is 1. The molecule has 1 N–H and O–H groups in total. The lowest BCUT2D eigenvalue weighted by atomic mass is 10.0. The molecule has 0 spiro atoms. The van der Waals surface area contributed by atoms with Crippen LogP contribution in [0.25, 0.3) is 0 Å². The van der Waals surface area contributed by atoms with Crippen molar-refractivity contribution >= 4 is 0 Å². The van der Waals surface area contributed by atoms with E-state index in [1.807, 2.05) is 0 Å². The number of rotatable bonds is 13. The zero-order valence-electron chi connectivity index (χ0n) is 13.1. The minimum Gasteiger partial charge on any atom is -0.394 e. The number of hydrogen-bond donors (Lipinski definition) is 1. The van der Waals surface area contributed by atoms with Gasteiger partial charge in [-0.05, 0) is 6.42 Å². The second kappa shape index (κ2) is 9.01. The Bertz CT molecular complexity index is 257. The Morgan fingerprint density at radius 3 is 1.85 bits per heavy atom. The Morgan fingerprint density at radius 1 is 0.700 bits per heavy atom. The Morgan fingerprint density at radius 2 is 1.25 bits per heavy atom. The third-order valence-electron chi connectivity index (χ3n) is 4.61. The van der Waals surface area contributed by atoms with Crippen molar-refractivity contribution in [3.63, 3.8) is 0 Å². The van der Waals surface area contributed by atoms with Gasteiger partial charge in [-0.25, -0.2) is 0 Å².